The number of thioether (sulfide) groups is 1. The highest BCUT2D eigenvalue weighted by molar-refractivity contribution is 7.99. The molecule has 0 heterocycles. The van der Waals surface area contributed by atoms with Crippen molar-refractivity contribution in [3.05, 3.63) is 29.8 Å². The average Bonchev–Trinajstić information content (AvgIpc) is 2.22. The van der Waals surface area contributed by atoms with Gasteiger partial charge in [-0.2, -0.15) is 0 Å². The predicted octanol–water partition coefficient (Wildman–Crippen LogP) is 3.57. The van der Waals surface area contributed by atoms with Crippen molar-refractivity contribution < 1.29 is 8.78 Å². The maximum absolute atomic E-state index is 12.9. The maximum atomic E-state index is 12.9. The molecular formula is C12H17F2NS. The molecule has 1 rings (SSSR count). The molecule has 0 saturated carbocycles. The molecule has 0 bridgehead atoms. The highest BCUT2D eigenvalue weighted by Gasteiger charge is 2.02. The maximum Gasteiger partial charge on any atom is 0.159 e. The molecule has 90 valence electrons. The quantitative estimate of drug-likeness (QED) is 0.612. The summed E-state index contributed by atoms with van der Waals surface area (Å²) in [4.78, 5) is 0.777. The van der Waals surface area contributed by atoms with Crippen LogP contribution in [0, 0.1) is 11.6 Å². The molecule has 1 atom stereocenters. The Morgan fingerprint density at radius 3 is 2.62 bits per heavy atom. The lowest BCUT2D eigenvalue weighted by molar-refractivity contribution is 0.506. The molecule has 1 aromatic rings. The minimum atomic E-state index is -0.790. The largest absolute Gasteiger partial charge is 0.328 e. The summed E-state index contributed by atoms with van der Waals surface area (Å²) in [6.07, 6.45) is 3.14. The Kier molecular flexibility index (Phi) is 5.77. The van der Waals surface area contributed by atoms with Gasteiger partial charge in [0.25, 0.3) is 0 Å². The van der Waals surface area contributed by atoms with E-state index in [1.807, 2.05) is 6.92 Å². The number of hydrogen-bond donors (Lipinski definition) is 1. The van der Waals surface area contributed by atoms with Crippen molar-refractivity contribution in [2.45, 2.75) is 37.1 Å². The zero-order valence-electron chi connectivity index (χ0n) is 9.38. The van der Waals surface area contributed by atoms with E-state index in [0.717, 1.165) is 29.9 Å². The summed E-state index contributed by atoms with van der Waals surface area (Å²) in [5.74, 6) is -0.653. The van der Waals surface area contributed by atoms with Gasteiger partial charge in [-0.3, -0.25) is 0 Å². The summed E-state index contributed by atoms with van der Waals surface area (Å²) in [6.45, 7) is 1.99. The minimum Gasteiger partial charge on any atom is -0.328 e. The summed E-state index contributed by atoms with van der Waals surface area (Å²) in [5, 5.41) is 0. The number of nitrogens with two attached hydrogens (primary N) is 1. The molecule has 1 nitrogen and oxygen atoms in total. The van der Waals surface area contributed by atoms with Gasteiger partial charge in [0.1, 0.15) is 0 Å². The molecule has 1 unspecified atom stereocenters. The van der Waals surface area contributed by atoms with Crippen LogP contribution in [0.3, 0.4) is 0 Å². The van der Waals surface area contributed by atoms with Crippen LogP contribution in [-0.2, 0) is 0 Å². The molecule has 16 heavy (non-hydrogen) atoms. The lowest BCUT2D eigenvalue weighted by atomic mass is 10.2. The van der Waals surface area contributed by atoms with Gasteiger partial charge < -0.3 is 5.73 Å². The first-order chi connectivity index (χ1) is 7.59. The van der Waals surface area contributed by atoms with Gasteiger partial charge in [0.15, 0.2) is 11.6 Å². The van der Waals surface area contributed by atoms with E-state index in [1.165, 1.54) is 12.1 Å². The summed E-state index contributed by atoms with van der Waals surface area (Å²) < 4.78 is 25.5. The molecule has 0 saturated heterocycles. The van der Waals surface area contributed by atoms with Crippen molar-refractivity contribution in [2.24, 2.45) is 5.73 Å². The molecule has 2 N–H and O–H groups in total. The fraction of sp³-hybridized carbons (Fsp3) is 0.500. The van der Waals surface area contributed by atoms with E-state index >= 15 is 0 Å². The first-order valence-corrected chi connectivity index (χ1v) is 6.41. The van der Waals surface area contributed by atoms with E-state index in [0.29, 0.717) is 0 Å². The zero-order valence-corrected chi connectivity index (χ0v) is 10.2. The third kappa shape index (κ3) is 4.94. The van der Waals surface area contributed by atoms with E-state index in [4.69, 9.17) is 5.73 Å². The SMILES string of the molecule is CC(N)CCCCSc1ccc(F)c(F)c1. The van der Waals surface area contributed by atoms with Gasteiger partial charge in [0.2, 0.25) is 0 Å². The molecule has 0 amide bonds. The Morgan fingerprint density at radius 1 is 1.25 bits per heavy atom. The number of rotatable bonds is 6. The fourth-order valence-corrected chi connectivity index (χ4v) is 2.26. The van der Waals surface area contributed by atoms with E-state index in [-0.39, 0.29) is 6.04 Å². The lowest BCUT2D eigenvalue weighted by Crippen LogP contribution is -2.13. The lowest BCUT2D eigenvalue weighted by Gasteiger charge is -2.04. The molecular weight excluding hydrogens is 228 g/mol. The average molecular weight is 245 g/mol. The highest BCUT2D eigenvalue weighted by Crippen LogP contribution is 2.21. The van der Waals surface area contributed by atoms with Crippen LogP contribution in [0.5, 0.6) is 0 Å². The number of halogens is 2. The predicted molar refractivity (Wildman–Crippen MR) is 64.6 cm³/mol. The van der Waals surface area contributed by atoms with Gasteiger partial charge in [0, 0.05) is 10.9 Å². The van der Waals surface area contributed by atoms with Gasteiger partial charge >= 0.3 is 0 Å². The smallest absolute Gasteiger partial charge is 0.159 e. The minimum absolute atomic E-state index is 0.244. The molecule has 0 aliphatic carbocycles. The Bertz CT molecular complexity index is 329. The van der Waals surface area contributed by atoms with Crippen molar-refractivity contribution in [2.75, 3.05) is 5.75 Å². The van der Waals surface area contributed by atoms with Crippen LogP contribution in [0.4, 0.5) is 8.78 Å². The molecule has 4 heteroatoms. The Morgan fingerprint density at radius 2 is 2.00 bits per heavy atom. The molecule has 1 aromatic carbocycles. The number of benzene rings is 1. The summed E-state index contributed by atoms with van der Waals surface area (Å²) in [6, 6.07) is 4.26. The highest BCUT2D eigenvalue weighted by atomic mass is 32.2. The van der Waals surface area contributed by atoms with E-state index in [1.54, 1.807) is 17.8 Å². The van der Waals surface area contributed by atoms with Crippen molar-refractivity contribution >= 4 is 11.8 Å². The normalized spacial score (nSPS) is 12.8. The molecule has 0 spiro atoms. The first-order valence-electron chi connectivity index (χ1n) is 5.43. The van der Waals surface area contributed by atoms with Crippen LogP contribution in [0.15, 0.2) is 23.1 Å². The Hall–Kier alpha value is -0.610. The monoisotopic (exact) mass is 245 g/mol. The van der Waals surface area contributed by atoms with Gasteiger partial charge in [-0.25, -0.2) is 8.78 Å². The Balaban J connectivity index is 2.24. The van der Waals surface area contributed by atoms with E-state index < -0.39 is 11.6 Å². The molecule has 0 fully saturated rings. The van der Waals surface area contributed by atoms with Crippen LogP contribution in [0.2, 0.25) is 0 Å². The molecule has 0 aromatic heterocycles. The molecule has 0 aliphatic rings. The van der Waals surface area contributed by atoms with E-state index in [2.05, 4.69) is 0 Å². The van der Waals surface area contributed by atoms with Crippen LogP contribution in [-0.4, -0.2) is 11.8 Å². The second kappa shape index (κ2) is 6.86. The van der Waals surface area contributed by atoms with Gasteiger partial charge in [-0.15, -0.1) is 11.8 Å². The van der Waals surface area contributed by atoms with Crippen LogP contribution >= 0.6 is 11.8 Å². The third-order valence-electron chi connectivity index (χ3n) is 2.21. The fourth-order valence-electron chi connectivity index (χ4n) is 1.33. The van der Waals surface area contributed by atoms with Gasteiger partial charge in [0.05, 0.1) is 0 Å². The standard InChI is InChI=1S/C12H17F2NS/c1-9(15)4-2-3-7-16-10-5-6-11(13)12(14)8-10/h5-6,8-9H,2-4,7,15H2,1H3. The topological polar surface area (TPSA) is 26.0 Å². The van der Waals surface area contributed by atoms with E-state index in [9.17, 15) is 8.78 Å². The molecule has 0 radical (unpaired) electrons. The summed E-state index contributed by atoms with van der Waals surface area (Å²) in [7, 11) is 0. The van der Waals surface area contributed by atoms with Crippen molar-refractivity contribution in [3.8, 4) is 0 Å². The first kappa shape index (κ1) is 13.5. The Labute approximate surface area is 99.4 Å². The summed E-state index contributed by atoms with van der Waals surface area (Å²) in [5.41, 5.74) is 5.62. The van der Waals surface area contributed by atoms with Gasteiger partial charge in [-0.1, -0.05) is 6.42 Å². The van der Waals surface area contributed by atoms with Gasteiger partial charge in [-0.05, 0) is 43.7 Å². The summed E-state index contributed by atoms with van der Waals surface area (Å²) >= 11 is 1.55. The van der Waals surface area contributed by atoms with Crippen molar-refractivity contribution in [1.29, 1.82) is 0 Å². The second-order valence-electron chi connectivity index (χ2n) is 3.90. The third-order valence-corrected chi connectivity index (χ3v) is 3.29. The number of unbranched alkanes of at least 4 members (excludes halogenated alkanes) is 1. The number of hydrogen-bond acceptors (Lipinski definition) is 2. The van der Waals surface area contributed by atoms with Crippen LogP contribution < -0.4 is 5.73 Å². The van der Waals surface area contributed by atoms with Crippen LogP contribution in [0.25, 0.3) is 0 Å². The second-order valence-corrected chi connectivity index (χ2v) is 5.07. The van der Waals surface area contributed by atoms with Crippen LogP contribution in [0.1, 0.15) is 26.2 Å². The molecule has 0 aliphatic heterocycles. The van der Waals surface area contributed by atoms with Crippen molar-refractivity contribution in [1.82, 2.24) is 0 Å². The zero-order chi connectivity index (χ0) is 12.0. The van der Waals surface area contributed by atoms with Crippen molar-refractivity contribution in [3.63, 3.8) is 0 Å².